The summed E-state index contributed by atoms with van der Waals surface area (Å²) in [5, 5.41) is 15.5. The molecule has 1 amide bonds. The lowest BCUT2D eigenvalue weighted by Gasteiger charge is -2.31. The summed E-state index contributed by atoms with van der Waals surface area (Å²) < 4.78 is 0. The highest BCUT2D eigenvalue weighted by molar-refractivity contribution is 5.87. The zero-order chi connectivity index (χ0) is 14.5. The van der Waals surface area contributed by atoms with Crippen LogP contribution in [-0.2, 0) is 9.59 Å². The first-order valence-electron chi connectivity index (χ1n) is 7.23. The van der Waals surface area contributed by atoms with E-state index in [9.17, 15) is 14.7 Å². The van der Waals surface area contributed by atoms with Crippen LogP contribution in [0.25, 0.3) is 0 Å². The third-order valence-electron chi connectivity index (χ3n) is 4.68. The molecular weight excluding hydrogens is 244 g/mol. The Hall–Kier alpha value is -1.10. The molecule has 5 heteroatoms. The number of carboxylic acids is 1. The average molecular weight is 270 g/mol. The largest absolute Gasteiger partial charge is 0.481 e. The monoisotopic (exact) mass is 270 g/mol. The first kappa shape index (κ1) is 16.0. The number of carbonyl (C=O) groups excluding carboxylic acids is 1. The maximum absolute atomic E-state index is 12.3. The molecule has 0 saturated carbocycles. The van der Waals surface area contributed by atoms with Crippen LogP contribution in [0, 0.1) is 5.41 Å². The maximum atomic E-state index is 12.3. The van der Waals surface area contributed by atoms with Crippen LogP contribution in [0.5, 0.6) is 0 Å². The van der Waals surface area contributed by atoms with Crippen molar-refractivity contribution < 1.29 is 14.7 Å². The van der Waals surface area contributed by atoms with Gasteiger partial charge in [-0.15, -0.1) is 0 Å². The minimum atomic E-state index is -0.844. The molecule has 19 heavy (non-hydrogen) atoms. The Labute approximate surface area is 115 Å². The highest BCUT2D eigenvalue weighted by Crippen LogP contribution is 2.27. The van der Waals surface area contributed by atoms with E-state index in [0.717, 1.165) is 25.8 Å². The lowest BCUT2D eigenvalue weighted by molar-refractivity contribution is -0.149. The molecule has 1 rings (SSSR count). The SMILES string of the molecule is CCC(CC)(CNC(=O)C1(CC)CCCN1)C(=O)O. The minimum Gasteiger partial charge on any atom is -0.481 e. The number of aliphatic carboxylic acids is 1. The van der Waals surface area contributed by atoms with Gasteiger partial charge in [0.05, 0.1) is 11.0 Å². The van der Waals surface area contributed by atoms with Gasteiger partial charge in [-0.3, -0.25) is 9.59 Å². The molecule has 1 saturated heterocycles. The quantitative estimate of drug-likeness (QED) is 0.655. The highest BCUT2D eigenvalue weighted by atomic mass is 16.4. The van der Waals surface area contributed by atoms with Crippen molar-refractivity contribution in [2.45, 2.75) is 58.4 Å². The second-order valence-corrected chi connectivity index (χ2v) is 5.44. The molecule has 3 N–H and O–H groups in total. The summed E-state index contributed by atoms with van der Waals surface area (Å²) in [5.74, 6) is -0.886. The van der Waals surface area contributed by atoms with Crippen molar-refractivity contribution in [3.63, 3.8) is 0 Å². The van der Waals surface area contributed by atoms with Gasteiger partial charge in [-0.1, -0.05) is 20.8 Å². The molecule has 0 spiro atoms. The fourth-order valence-electron chi connectivity index (χ4n) is 2.76. The van der Waals surface area contributed by atoms with Gasteiger partial charge in [-0.25, -0.2) is 0 Å². The number of carbonyl (C=O) groups is 2. The van der Waals surface area contributed by atoms with Crippen LogP contribution in [0.2, 0.25) is 0 Å². The molecule has 0 aliphatic carbocycles. The van der Waals surface area contributed by atoms with E-state index in [-0.39, 0.29) is 12.5 Å². The van der Waals surface area contributed by atoms with Crippen LogP contribution < -0.4 is 10.6 Å². The molecule has 1 unspecified atom stereocenters. The Balaban J connectivity index is 2.69. The van der Waals surface area contributed by atoms with Gasteiger partial charge >= 0.3 is 5.97 Å². The maximum Gasteiger partial charge on any atom is 0.311 e. The number of nitrogens with one attached hydrogen (secondary N) is 2. The zero-order valence-electron chi connectivity index (χ0n) is 12.2. The number of amides is 1. The fourth-order valence-corrected chi connectivity index (χ4v) is 2.76. The van der Waals surface area contributed by atoms with Crippen molar-refractivity contribution >= 4 is 11.9 Å². The molecule has 0 aromatic rings. The van der Waals surface area contributed by atoms with Crippen molar-refractivity contribution in [1.82, 2.24) is 10.6 Å². The minimum absolute atomic E-state index is 0.0555. The van der Waals surface area contributed by atoms with Crippen molar-refractivity contribution in [3.8, 4) is 0 Å². The Kier molecular flexibility index (Phi) is 5.35. The standard InChI is InChI=1S/C14H26N2O3/c1-4-13(5-2,12(18)19)10-15-11(17)14(6-3)8-7-9-16-14/h16H,4-10H2,1-3H3,(H,15,17)(H,18,19). The van der Waals surface area contributed by atoms with E-state index in [0.29, 0.717) is 12.8 Å². The van der Waals surface area contributed by atoms with E-state index in [1.807, 2.05) is 20.8 Å². The van der Waals surface area contributed by atoms with Crippen molar-refractivity contribution in [2.75, 3.05) is 13.1 Å². The molecule has 0 aromatic heterocycles. The molecule has 1 heterocycles. The third-order valence-corrected chi connectivity index (χ3v) is 4.68. The molecule has 110 valence electrons. The number of carboxylic acid groups (broad SMARTS) is 1. The summed E-state index contributed by atoms with van der Waals surface area (Å²) in [7, 11) is 0. The molecule has 5 nitrogen and oxygen atoms in total. The summed E-state index contributed by atoms with van der Waals surface area (Å²) in [6, 6.07) is 0. The highest BCUT2D eigenvalue weighted by Gasteiger charge is 2.41. The van der Waals surface area contributed by atoms with Gasteiger partial charge in [0.1, 0.15) is 0 Å². The van der Waals surface area contributed by atoms with Gasteiger partial charge in [-0.05, 0) is 38.6 Å². The molecule has 1 aliphatic rings. The number of rotatable bonds is 7. The van der Waals surface area contributed by atoms with Crippen LogP contribution in [0.1, 0.15) is 52.9 Å². The summed E-state index contributed by atoms with van der Waals surface area (Å²) >= 11 is 0. The van der Waals surface area contributed by atoms with Crippen LogP contribution in [0.3, 0.4) is 0 Å². The van der Waals surface area contributed by atoms with Crippen LogP contribution in [-0.4, -0.2) is 35.6 Å². The van der Waals surface area contributed by atoms with E-state index in [2.05, 4.69) is 10.6 Å². The second kappa shape index (κ2) is 6.37. The van der Waals surface area contributed by atoms with Crippen LogP contribution in [0.15, 0.2) is 0 Å². The Morgan fingerprint density at radius 3 is 2.32 bits per heavy atom. The summed E-state index contributed by atoms with van der Waals surface area (Å²) in [5.41, 5.74) is -1.34. The molecule has 0 radical (unpaired) electrons. The molecule has 1 fully saturated rings. The summed E-state index contributed by atoms with van der Waals surface area (Å²) in [6.45, 7) is 6.76. The summed E-state index contributed by atoms with van der Waals surface area (Å²) in [6.07, 6.45) is 3.59. The lowest BCUT2D eigenvalue weighted by Crippen LogP contribution is -2.55. The predicted octanol–water partition coefficient (Wildman–Crippen LogP) is 1.53. The van der Waals surface area contributed by atoms with E-state index >= 15 is 0 Å². The molecule has 0 aromatic carbocycles. The van der Waals surface area contributed by atoms with Gasteiger partial charge in [0, 0.05) is 6.54 Å². The first-order valence-corrected chi connectivity index (χ1v) is 7.23. The topological polar surface area (TPSA) is 78.4 Å². The first-order chi connectivity index (χ1) is 8.96. The Bertz CT molecular complexity index is 332. The van der Waals surface area contributed by atoms with Gasteiger partial charge in [-0.2, -0.15) is 0 Å². The Morgan fingerprint density at radius 2 is 1.95 bits per heavy atom. The number of hydrogen-bond acceptors (Lipinski definition) is 3. The van der Waals surface area contributed by atoms with Gasteiger partial charge < -0.3 is 15.7 Å². The predicted molar refractivity (Wildman–Crippen MR) is 73.9 cm³/mol. The van der Waals surface area contributed by atoms with E-state index in [1.54, 1.807) is 0 Å². The molecule has 1 atom stereocenters. The third kappa shape index (κ3) is 3.08. The normalized spacial score (nSPS) is 23.3. The second-order valence-electron chi connectivity index (χ2n) is 5.44. The van der Waals surface area contributed by atoms with Gasteiger partial charge in [0.25, 0.3) is 0 Å². The van der Waals surface area contributed by atoms with Crippen molar-refractivity contribution in [2.24, 2.45) is 5.41 Å². The average Bonchev–Trinajstić information content (AvgIpc) is 2.90. The molecule has 0 bridgehead atoms. The number of hydrogen-bond donors (Lipinski definition) is 3. The van der Waals surface area contributed by atoms with E-state index in [1.165, 1.54) is 0 Å². The molecule has 1 aliphatic heterocycles. The van der Waals surface area contributed by atoms with Crippen molar-refractivity contribution in [1.29, 1.82) is 0 Å². The van der Waals surface area contributed by atoms with Crippen LogP contribution in [0.4, 0.5) is 0 Å². The summed E-state index contributed by atoms with van der Waals surface area (Å²) in [4.78, 5) is 23.7. The lowest BCUT2D eigenvalue weighted by atomic mass is 9.82. The van der Waals surface area contributed by atoms with Gasteiger partial charge in [0.2, 0.25) is 5.91 Å². The van der Waals surface area contributed by atoms with Gasteiger partial charge in [0.15, 0.2) is 0 Å². The van der Waals surface area contributed by atoms with E-state index in [4.69, 9.17) is 0 Å². The smallest absolute Gasteiger partial charge is 0.311 e. The van der Waals surface area contributed by atoms with Crippen molar-refractivity contribution in [3.05, 3.63) is 0 Å². The fraction of sp³-hybridized carbons (Fsp3) is 0.857. The van der Waals surface area contributed by atoms with Crippen LogP contribution >= 0.6 is 0 Å². The molecular formula is C14H26N2O3. The Morgan fingerprint density at radius 1 is 1.32 bits per heavy atom. The zero-order valence-corrected chi connectivity index (χ0v) is 12.2. The van der Waals surface area contributed by atoms with E-state index < -0.39 is 16.9 Å².